The summed E-state index contributed by atoms with van der Waals surface area (Å²) in [4.78, 5) is 16.6. The van der Waals surface area contributed by atoms with Crippen molar-refractivity contribution in [1.29, 1.82) is 0 Å². The molecule has 1 saturated heterocycles. The van der Waals surface area contributed by atoms with Crippen LogP contribution in [0.2, 0.25) is 0 Å². The molecule has 20 heavy (non-hydrogen) atoms. The first-order valence-electron chi connectivity index (χ1n) is 6.10. The molecular formula is C13H14F3N3O. The summed E-state index contributed by atoms with van der Waals surface area (Å²) in [7, 11) is 0. The Bertz CT molecular complexity index is 516. The van der Waals surface area contributed by atoms with Crippen molar-refractivity contribution >= 4 is 11.6 Å². The molecule has 108 valence electrons. The Morgan fingerprint density at radius 2 is 2.25 bits per heavy atom. The van der Waals surface area contributed by atoms with Gasteiger partial charge in [0.2, 0.25) is 5.91 Å². The van der Waals surface area contributed by atoms with Crippen LogP contribution < -0.4 is 5.32 Å². The number of aromatic nitrogens is 1. The van der Waals surface area contributed by atoms with Crippen molar-refractivity contribution in [1.82, 2.24) is 9.88 Å². The number of nitrogens with zero attached hydrogens (tertiary/aromatic N) is 2. The average molecular weight is 285 g/mol. The number of likely N-dealkylation sites (tertiary alicyclic amines) is 1. The fraction of sp³-hybridized carbons (Fsp3) is 0.385. The highest BCUT2D eigenvalue weighted by Crippen LogP contribution is 2.30. The maximum atomic E-state index is 12.6. The molecule has 1 atom stereocenters. The number of amides is 1. The van der Waals surface area contributed by atoms with Crippen molar-refractivity contribution in [3.05, 3.63) is 36.7 Å². The van der Waals surface area contributed by atoms with Crippen LogP contribution in [0, 0.1) is 0 Å². The number of hydrogen-bond donors (Lipinski definition) is 1. The molecule has 1 aromatic rings. The van der Waals surface area contributed by atoms with E-state index in [1.54, 1.807) is 4.90 Å². The number of carbonyl (C=O) groups excluding carboxylic acids is 1. The Morgan fingerprint density at radius 3 is 2.90 bits per heavy atom. The van der Waals surface area contributed by atoms with Gasteiger partial charge < -0.3 is 10.2 Å². The summed E-state index contributed by atoms with van der Waals surface area (Å²) in [5.74, 6) is -0.170. The molecule has 1 N–H and O–H groups in total. The first kappa shape index (κ1) is 14.4. The second-order valence-corrected chi connectivity index (χ2v) is 4.58. The minimum atomic E-state index is -4.41. The van der Waals surface area contributed by atoms with E-state index in [9.17, 15) is 18.0 Å². The van der Waals surface area contributed by atoms with Crippen LogP contribution in [0.5, 0.6) is 0 Å². The number of nitrogens with one attached hydrogen (secondary N) is 1. The van der Waals surface area contributed by atoms with Gasteiger partial charge >= 0.3 is 6.18 Å². The Labute approximate surface area is 114 Å². The molecule has 1 fully saturated rings. The molecule has 1 amide bonds. The number of alkyl halides is 3. The summed E-state index contributed by atoms with van der Waals surface area (Å²) in [6, 6.07) is 0.939. The van der Waals surface area contributed by atoms with E-state index in [4.69, 9.17) is 0 Å². The first-order chi connectivity index (χ1) is 9.40. The van der Waals surface area contributed by atoms with E-state index < -0.39 is 11.7 Å². The fourth-order valence-corrected chi connectivity index (χ4v) is 2.12. The molecule has 0 spiro atoms. The maximum absolute atomic E-state index is 12.6. The summed E-state index contributed by atoms with van der Waals surface area (Å²) >= 11 is 0. The highest BCUT2D eigenvalue weighted by molar-refractivity contribution is 5.87. The molecule has 1 aliphatic heterocycles. The molecule has 0 unspecified atom stereocenters. The number of hydrogen-bond acceptors (Lipinski definition) is 3. The molecule has 2 heterocycles. The van der Waals surface area contributed by atoms with Gasteiger partial charge in [0.05, 0.1) is 11.3 Å². The lowest BCUT2D eigenvalue weighted by atomic mass is 10.2. The SMILES string of the molecule is C=CC(=O)N1CC[C@H](Nc2cncc(C(F)(F)F)c2)C1. The van der Waals surface area contributed by atoms with E-state index >= 15 is 0 Å². The zero-order valence-corrected chi connectivity index (χ0v) is 10.7. The van der Waals surface area contributed by atoms with E-state index in [0.29, 0.717) is 25.2 Å². The van der Waals surface area contributed by atoms with Crippen LogP contribution in [0.3, 0.4) is 0 Å². The van der Waals surface area contributed by atoms with Crippen LogP contribution in [0.15, 0.2) is 31.1 Å². The quantitative estimate of drug-likeness (QED) is 0.867. The predicted octanol–water partition coefficient (Wildman–Crippen LogP) is 2.30. The van der Waals surface area contributed by atoms with Gasteiger partial charge in [0.15, 0.2) is 0 Å². The minimum Gasteiger partial charge on any atom is -0.379 e. The summed E-state index contributed by atoms with van der Waals surface area (Å²) in [5, 5.41) is 2.97. The molecule has 0 aliphatic carbocycles. The van der Waals surface area contributed by atoms with Crippen LogP contribution in [0.1, 0.15) is 12.0 Å². The van der Waals surface area contributed by atoms with Crippen LogP contribution in [0.4, 0.5) is 18.9 Å². The van der Waals surface area contributed by atoms with Crippen molar-refractivity contribution in [2.75, 3.05) is 18.4 Å². The van der Waals surface area contributed by atoms with Gasteiger partial charge in [-0.05, 0) is 18.6 Å². The standard InChI is InChI=1S/C13H14F3N3O/c1-2-12(20)19-4-3-10(8-19)18-11-5-9(6-17-7-11)13(14,15)16/h2,5-7,10,18H,1,3-4,8H2/t10-/m0/s1. The largest absolute Gasteiger partial charge is 0.417 e. The third-order valence-corrected chi connectivity index (χ3v) is 3.11. The molecule has 1 aliphatic rings. The Kier molecular flexibility index (Phi) is 3.96. The van der Waals surface area contributed by atoms with Crippen LogP contribution in [0.25, 0.3) is 0 Å². The fourth-order valence-electron chi connectivity index (χ4n) is 2.12. The smallest absolute Gasteiger partial charge is 0.379 e. The molecule has 2 rings (SSSR count). The number of anilines is 1. The van der Waals surface area contributed by atoms with Gasteiger partial charge in [-0.1, -0.05) is 6.58 Å². The van der Waals surface area contributed by atoms with E-state index in [2.05, 4.69) is 16.9 Å². The topological polar surface area (TPSA) is 45.2 Å². The van der Waals surface area contributed by atoms with Gasteiger partial charge in [-0.3, -0.25) is 9.78 Å². The van der Waals surface area contributed by atoms with Gasteiger partial charge in [0, 0.05) is 31.5 Å². The third-order valence-electron chi connectivity index (χ3n) is 3.11. The van der Waals surface area contributed by atoms with Crippen molar-refractivity contribution in [3.63, 3.8) is 0 Å². The molecule has 0 radical (unpaired) electrons. The minimum absolute atomic E-state index is 0.0795. The van der Waals surface area contributed by atoms with Crippen LogP contribution >= 0.6 is 0 Å². The summed E-state index contributed by atoms with van der Waals surface area (Å²) in [6.45, 7) is 4.42. The van der Waals surface area contributed by atoms with Crippen LogP contribution in [-0.2, 0) is 11.0 Å². The molecule has 4 nitrogen and oxygen atoms in total. The van der Waals surface area contributed by atoms with Crippen molar-refractivity contribution in [3.8, 4) is 0 Å². The Balaban J connectivity index is 2.01. The Morgan fingerprint density at radius 1 is 1.50 bits per heavy atom. The highest BCUT2D eigenvalue weighted by atomic mass is 19.4. The van der Waals surface area contributed by atoms with E-state index in [1.165, 1.54) is 12.3 Å². The molecular weight excluding hydrogens is 271 g/mol. The number of pyridine rings is 1. The van der Waals surface area contributed by atoms with Gasteiger partial charge in [-0.2, -0.15) is 13.2 Å². The average Bonchev–Trinajstić information content (AvgIpc) is 2.85. The van der Waals surface area contributed by atoms with Gasteiger partial charge in [-0.15, -0.1) is 0 Å². The van der Waals surface area contributed by atoms with E-state index in [-0.39, 0.29) is 11.9 Å². The third kappa shape index (κ3) is 3.28. The molecule has 1 aromatic heterocycles. The van der Waals surface area contributed by atoms with E-state index in [0.717, 1.165) is 12.3 Å². The summed E-state index contributed by atoms with van der Waals surface area (Å²) in [6.07, 6.45) is -0.379. The zero-order valence-electron chi connectivity index (χ0n) is 10.7. The van der Waals surface area contributed by atoms with Gasteiger partial charge in [0.1, 0.15) is 0 Å². The van der Waals surface area contributed by atoms with Gasteiger partial charge in [-0.25, -0.2) is 0 Å². The Hall–Kier alpha value is -2.05. The molecule has 0 saturated carbocycles. The van der Waals surface area contributed by atoms with Crippen molar-refractivity contribution in [2.45, 2.75) is 18.6 Å². The molecule has 0 bridgehead atoms. The second-order valence-electron chi connectivity index (χ2n) is 4.58. The lowest BCUT2D eigenvalue weighted by Crippen LogP contribution is -2.30. The first-order valence-corrected chi connectivity index (χ1v) is 6.10. The van der Waals surface area contributed by atoms with Crippen molar-refractivity contribution in [2.24, 2.45) is 0 Å². The molecule has 7 heteroatoms. The highest BCUT2D eigenvalue weighted by Gasteiger charge is 2.31. The lowest BCUT2D eigenvalue weighted by molar-refractivity contribution is -0.137. The normalized spacial score (nSPS) is 18.9. The van der Waals surface area contributed by atoms with Crippen LogP contribution in [-0.4, -0.2) is 34.9 Å². The maximum Gasteiger partial charge on any atom is 0.417 e. The predicted molar refractivity (Wildman–Crippen MR) is 68.0 cm³/mol. The van der Waals surface area contributed by atoms with Gasteiger partial charge in [0.25, 0.3) is 0 Å². The number of rotatable bonds is 3. The zero-order chi connectivity index (χ0) is 14.8. The van der Waals surface area contributed by atoms with E-state index in [1.807, 2.05) is 0 Å². The van der Waals surface area contributed by atoms with Crippen molar-refractivity contribution < 1.29 is 18.0 Å². The lowest BCUT2D eigenvalue weighted by Gasteiger charge is -2.16. The summed E-state index contributed by atoms with van der Waals surface area (Å²) < 4.78 is 37.7. The molecule has 0 aromatic carbocycles. The number of halogens is 3. The monoisotopic (exact) mass is 285 g/mol. The number of carbonyl (C=O) groups is 1. The summed E-state index contributed by atoms with van der Waals surface area (Å²) in [5.41, 5.74) is -0.489. The second kappa shape index (κ2) is 5.52.